The van der Waals surface area contributed by atoms with E-state index in [1.807, 2.05) is 6.07 Å². The van der Waals surface area contributed by atoms with Gasteiger partial charge in [-0.2, -0.15) is 14.6 Å². The van der Waals surface area contributed by atoms with Gasteiger partial charge in [0.25, 0.3) is 5.78 Å². The zero-order chi connectivity index (χ0) is 14.4. The molecule has 0 bridgehead atoms. The lowest BCUT2D eigenvalue weighted by molar-refractivity contribution is 0.390. The molecular formula is C15H25N5. The second kappa shape index (κ2) is 7.22. The van der Waals surface area contributed by atoms with Crippen LogP contribution in [0.3, 0.4) is 0 Å². The molecule has 0 amide bonds. The molecule has 2 rings (SSSR count). The van der Waals surface area contributed by atoms with E-state index in [4.69, 9.17) is 0 Å². The second-order valence-electron chi connectivity index (χ2n) is 5.27. The molecule has 0 saturated carbocycles. The maximum atomic E-state index is 4.24. The first-order valence-corrected chi connectivity index (χ1v) is 7.71. The van der Waals surface area contributed by atoms with Crippen LogP contribution >= 0.6 is 0 Å². The number of hydrogen-bond acceptors (Lipinski definition) is 4. The lowest BCUT2D eigenvalue weighted by atomic mass is 9.90. The molecule has 0 radical (unpaired) electrons. The van der Waals surface area contributed by atoms with Gasteiger partial charge in [-0.25, -0.2) is 4.98 Å². The lowest BCUT2D eigenvalue weighted by Gasteiger charge is -2.27. The highest BCUT2D eigenvalue weighted by atomic mass is 15.4. The van der Waals surface area contributed by atoms with Crippen LogP contribution in [0.4, 0.5) is 5.82 Å². The Morgan fingerprint density at radius 3 is 2.70 bits per heavy atom. The van der Waals surface area contributed by atoms with Crippen molar-refractivity contribution in [3.8, 4) is 0 Å². The Morgan fingerprint density at radius 2 is 2.00 bits per heavy atom. The average molecular weight is 275 g/mol. The molecule has 0 aliphatic carbocycles. The second-order valence-corrected chi connectivity index (χ2v) is 5.27. The van der Waals surface area contributed by atoms with Crippen LogP contribution in [-0.4, -0.2) is 25.6 Å². The molecule has 2 aromatic rings. The number of anilines is 1. The summed E-state index contributed by atoms with van der Waals surface area (Å²) in [4.78, 5) is 8.34. The Morgan fingerprint density at radius 1 is 1.20 bits per heavy atom. The van der Waals surface area contributed by atoms with Crippen molar-refractivity contribution >= 4 is 11.6 Å². The molecule has 0 fully saturated rings. The van der Waals surface area contributed by atoms with Gasteiger partial charge in [0.05, 0.1) is 0 Å². The van der Waals surface area contributed by atoms with Crippen LogP contribution in [0.5, 0.6) is 0 Å². The molecule has 2 heterocycles. The van der Waals surface area contributed by atoms with E-state index in [1.165, 1.54) is 32.1 Å². The zero-order valence-corrected chi connectivity index (χ0v) is 12.7. The minimum atomic E-state index is 0.486. The highest BCUT2D eigenvalue weighted by molar-refractivity contribution is 5.43. The molecule has 0 spiro atoms. The Bertz CT molecular complexity index is 518. The molecule has 2 aromatic heterocycles. The van der Waals surface area contributed by atoms with Gasteiger partial charge < -0.3 is 5.32 Å². The van der Waals surface area contributed by atoms with Crippen molar-refractivity contribution in [1.29, 1.82) is 0 Å². The number of nitrogens with zero attached hydrogens (tertiary/aromatic N) is 4. The van der Waals surface area contributed by atoms with E-state index in [1.54, 1.807) is 17.0 Å². The van der Waals surface area contributed by atoms with Gasteiger partial charge in [0.1, 0.15) is 12.1 Å². The molecule has 1 atom stereocenters. The van der Waals surface area contributed by atoms with E-state index in [-0.39, 0.29) is 0 Å². The standard InChI is InChI=1S/C15H25N5/c1-4-7-8-13(12(5-2)6-3)19-14-9-10-16-15-17-11-18-20(14)15/h9-13,19H,4-8H2,1-3H3. The predicted octanol–water partition coefficient (Wildman–Crippen LogP) is 3.53. The summed E-state index contributed by atoms with van der Waals surface area (Å²) in [6, 6.07) is 2.46. The largest absolute Gasteiger partial charge is 0.367 e. The Balaban J connectivity index is 2.19. The van der Waals surface area contributed by atoms with Crippen LogP contribution in [0.1, 0.15) is 52.9 Å². The summed E-state index contributed by atoms with van der Waals surface area (Å²) in [7, 11) is 0. The quantitative estimate of drug-likeness (QED) is 0.800. The lowest BCUT2D eigenvalue weighted by Crippen LogP contribution is -2.29. The zero-order valence-electron chi connectivity index (χ0n) is 12.7. The van der Waals surface area contributed by atoms with Crippen molar-refractivity contribution in [2.45, 2.75) is 58.9 Å². The molecule has 0 aliphatic rings. The van der Waals surface area contributed by atoms with Crippen LogP contribution in [0.2, 0.25) is 0 Å². The minimum Gasteiger partial charge on any atom is -0.367 e. The Hall–Kier alpha value is -1.65. The van der Waals surface area contributed by atoms with E-state index in [9.17, 15) is 0 Å². The van der Waals surface area contributed by atoms with Gasteiger partial charge in [-0.15, -0.1) is 0 Å². The molecule has 5 nitrogen and oxygen atoms in total. The number of unbranched alkanes of at least 4 members (excludes halogenated alkanes) is 1. The molecule has 0 aliphatic heterocycles. The molecule has 20 heavy (non-hydrogen) atoms. The van der Waals surface area contributed by atoms with Crippen LogP contribution in [0.25, 0.3) is 5.78 Å². The Labute approximate surface area is 120 Å². The van der Waals surface area contributed by atoms with Gasteiger partial charge in [0.15, 0.2) is 0 Å². The highest BCUT2D eigenvalue weighted by Gasteiger charge is 2.19. The van der Waals surface area contributed by atoms with E-state index in [0.29, 0.717) is 17.7 Å². The molecule has 5 heteroatoms. The topological polar surface area (TPSA) is 55.1 Å². The summed E-state index contributed by atoms with van der Waals surface area (Å²) in [5.74, 6) is 2.32. The van der Waals surface area contributed by atoms with Gasteiger partial charge >= 0.3 is 0 Å². The van der Waals surface area contributed by atoms with Crippen LogP contribution in [0.15, 0.2) is 18.6 Å². The van der Waals surface area contributed by atoms with E-state index in [2.05, 4.69) is 41.2 Å². The normalized spacial score (nSPS) is 13.0. The minimum absolute atomic E-state index is 0.486. The van der Waals surface area contributed by atoms with Crippen LogP contribution in [-0.2, 0) is 0 Å². The monoisotopic (exact) mass is 275 g/mol. The summed E-state index contributed by atoms with van der Waals surface area (Å²) >= 11 is 0. The van der Waals surface area contributed by atoms with Crippen molar-refractivity contribution in [2.75, 3.05) is 5.32 Å². The fourth-order valence-electron chi connectivity index (χ4n) is 2.75. The smallest absolute Gasteiger partial charge is 0.254 e. The molecule has 1 N–H and O–H groups in total. The van der Waals surface area contributed by atoms with E-state index in [0.717, 1.165) is 5.82 Å². The average Bonchev–Trinajstić information content (AvgIpc) is 2.95. The summed E-state index contributed by atoms with van der Waals surface area (Å²) in [5, 5.41) is 7.91. The van der Waals surface area contributed by atoms with Gasteiger partial charge in [-0.05, 0) is 18.4 Å². The number of nitrogens with one attached hydrogen (secondary N) is 1. The maximum Gasteiger partial charge on any atom is 0.254 e. The first kappa shape index (κ1) is 14.8. The Kier molecular flexibility index (Phi) is 5.32. The van der Waals surface area contributed by atoms with Crippen molar-refractivity contribution in [1.82, 2.24) is 19.6 Å². The van der Waals surface area contributed by atoms with Gasteiger partial charge in [-0.3, -0.25) is 0 Å². The third kappa shape index (κ3) is 3.26. The number of rotatable bonds is 8. The van der Waals surface area contributed by atoms with Gasteiger partial charge in [-0.1, -0.05) is 46.5 Å². The number of fused-ring (bicyclic) bond motifs is 1. The SMILES string of the molecule is CCCCC(Nc1ccnc2ncnn12)C(CC)CC. The predicted molar refractivity (Wildman–Crippen MR) is 81.8 cm³/mol. The fraction of sp³-hybridized carbons (Fsp3) is 0.667. The van der Waals surface area contributed by atoms with Crippen LogP contribution in [0, 0.1) is 5.92 Å². The van der Waals surface area contributed by atoms with Crippen LogP contribution < -0.4 is 5.32 Å². The first-order valence-electron chi connectivity index (χ1n) is 7.71. The van der Waals surface area contributed by atoms with Crippen molar-refractivity contribution in [3.63, 3.8) is 0 Å². The third-order valence-electron chi connectivity index (χ3n) is 4.00. The maximum absolute atomic E-state index is 4.24. The van der Waals surface area contributed by atoms with Gasteiger partial charge in [0.2, 0.25) is 0 Å². The van der Waals surface area contributed by atoms with Gasteiger partial charge in [0, 0.05) is 12.2 Å². The van der Waals surface area contributed by atoms with Crippen molar-refractivity contribution in [3.05, 3.63) is 18.6 Å². The van der Waals surface area contributed by atoms with Crippen molar-refractivity contribution < 1.29 is 0 Å². The summed E-state index contributed by atoms with van der Waals surface area (Å²) in [6.45, 7) is 6.78. The summed E-state index contributed by atoms with van der Waals surface area (Å²) in [5.41, 5.74) is 0. The molecule has 110 valence electrons. The highest BCUT2D eigenvalue weighted by Crippen LogP contribution is 2.22. The van der Waals surface area contributed by atoms with E-state index < -0.39 is 0 Å². The van der Waals surface area contributed by atoms with E-state index >= 15 is 0 Å². The summed E-state index contributed by atoms with van der Waals surface area (Å²) < 4.78 is 1.78. The van der Waals surface area contributed by atoms with Crippen molar-refractivity contribution in [2.24, 2.45) is 5.92 Å². The number of hydrogen-bond donors (Lipinski definition) is 1. The third-order valence-corrected chi connectivity index (χ3v) is 4.00. The molecular weight excluding hydrogens is 250 g/mol. The molecule has 0 saturated heterocycles. The fourth-order valence-corrected chi connectivity index (χ4v) is 2.75. The molecule has 0 aromatic carbocycles. The number of aromatic nitrogens is 4. The molecule has 1 unspecified atom stereocenters. The first-order chi connectivity index (χ1) is 9.80. The summed E-state index contributed by atoms with van der Waals surface area (Å²) in [6.07, 6.45) is 9.41.